The Balaban J connectivity index is 1.76. The summed E-state index contributed by atoms with van der Waals surface area (Å²) in [5.74, 6) is 0.600. The maximum Gasteiger partial charge on any atom is 0.407 e. The lowest BCUT2D eigenvalue weighted by atomic mass is 10.1. The van der Waals surface area contributed by atoms with Crippen molar-refractivity contribution in [2.24, 2.45) is 0 Å². The predicted molar refractivity (Wildman–Crippen MR) is 100 cm³/mol. The fourth-order valence-corrected chi connectivity index (χ4v) is 2.45. The number of carbonyl (C=O) groups excluding carboxylic acids is 1. The van der Waals surface area contributed by atoms with E-state index in [-0.39, 0.29) is 6.61 Å². The minimum absolute atomic E-state index is 0.262. The molecule has 0 bridgehead atoms. The van der Waals surface area contributed by atoms with Crippen LogP contribution in [0.5, 0.6) is 5.75 Å². The maximum atomic E-state index is 11.4. The van der Waals surface area contributed by atoms with E-state index >= 15 is 0 Å². The molecular weight excluding hydrogens is 338 g/mol. The van der Waals surface area contributed by atoms with Crippen LogP contribution < -0.4 is 10.1 Å². The van der Waals surface area contributed by atoms with Gasteiger partial charge in [0.2, 0.25) is 0 Å². The first-order valence-corrected chi connectivity index (χ1v) is 8.53. The SMILES string of the molecule is CC=CCOC(=O)NCCOc1ccc(Cc2ccccc2)cc1Cl. The van der Waals surface area contributed by atoms with E-state index in [1.54, 1.807) is 6.08 Å². The van der Waals surface area contributed by atoms with Crippen LogP contribution in [0.3, 0.4) is 0 Å². The molecule has 0 aromatic heterocycles. The molecule has 0 saturated heterocycles. The van der Waals surface area contributed by atoms with Crippen molar-refractivity contribution in [3.63, 3.8) is 0 Å². The van der Waals surface area contributed by atoms with E-state index in [0.717, 1.165) is 12.0 Å². The number of hydrogen-bond donors (Lipinski definition) is 1. The van der Waals surface area contributed by atoms with Crippen molar-refractivity contribution in [1.82, 2.24) is 5.32 Å². The second-order valence-corrected chi connectivity index (χ2v) is 5.78. The van der Waals surface area contributed by atoms with Gasteiger partial charge >= 0.3 is 6.09 Å². The van der Waals surface area contributed by atoms with Gasteiger partial charge in [0.1, 0.15) is 19.0 Å². The number of hydrogen-bond acceptors (Lipinski definition) is 3. The number of nitrogens with one attached hydrogen (secondary N) is 1. The van der Waals surface area contributed by atoms with Crippen LogP contribution in [0.25, 0.3) is 0 Å². The third kappa shape index (κ3) is 6.89. The Kier molecular flexibility index (Phi) is 7.86. The van der Waals surface area contributed by atoms with Crippen molar-refractivity contribution in [2.45, 2.75) is 13.3 Å². The highest BCUT2D eigenvalue weighted by atomic mass is 35.5. The molecule has 0 heterocycles. The molecule has 2 rings (SSSR count). The highest BCUT2D eigenvalue weighted by Gasteiger charge is 2.05. The normalized spacial score (nSPS) is 10.6. The van der Waals surface area contributed by atoms with Gasteiger partial charge < -0.3 is 14.8 Å². The summed E-state index contributed by atoms with van der Waals surface area (Å²) in [5, 5.41) is 3.17. The first-order valence-electron chi connectivity index (χ1n) is 8.16. The Labute approximate surface area is 153 Å². The fraction of sp³-hybridized carbons (Fsp3) is 0.250. The molecule has 0 aliphatic carbocycles. The second-order valence-electron chi connectivity index (χ2n) is 5.37. The number of allylic oxidation sites excluding steroid dienone is 1. The van der Waals surface area contributed by atoms with E-state index in [0.29, 0.717) is 23.9 Å². The van der Waals surface area contributed by atoms with Crippen molar-refractivity contribution >= 4 is 17.7 Å². The van der Waals surface area contributed by atoms with E-state index in [2.05, 4.69) is 17.4 Å². The van der Waals surface area contributed by atoms with Gasteiger partial charge in [0, 0.05) is 0 Å². The standard InChI is InChI=1S/C20H22ClNO3/c1-2-3-12-25-20(23)22-11-13-24-19-10-9-17(15-18(19)21)14-16-7-5-4-6-8-16/h2-10,15H,11-14H2,1H3,(H,22,23). The molecule has 132 valence electrons. The first kappa shape index (κ1) is 18.9. The lowest BCUT2D eigenvalue weighted by Gasteiger charge is -2.10. The predicted octanol–water partition coefficient (Wildman–Crippen LogP) is 4.61. The number of alkyl carbamates (subject to hydrolysis) is 1. The zero-order chi connectivity index (χ0) is 17.9. The van der Waals surface area contributed by atoms with Gasteiger partial charge in [-0.05, 0) is 36.6 Å². The van der Waals surface area contributed by atoms with Crippen LogP contribution in [-0.2, 0) is 11.2 Å². The smallest absolute Gasteiger partial charge is 0.407 e. The van der Waals surface area contributed by atoms with Crippen molar-refractivity contribution < 1.29 is 14.3 Å². The summed E-state index contributed by atoms with van der Waals surface area (Å²) in [4.78, 5) is 11.4. The number of benzene rings is 2. The molecule has 0 aliphatic heterocycles. The summed E-state index contributed by atoms with van der Waals surface area (Å²) in [7, 11) is 0. The summed E-state index contributed by atoms with van der Waals surface area (Å²) in [6, 6.07) is 16.0. The van der Waals surface area contributed by atoms with Gasteiger partial charge in [0.25, 0.3) is 0 Å². The molecule has 4 nitrogen and oxygen atoms in total. The molecule has 0 aliphatic rings. The minimum Gasteiger partial charge on any atom is -0.490 e. The highest BCUT2D eigenvalue weighted by molar-refractivity contribution is 6.32. The molecule has 1 N–H and O–H groups in total. The molecule has 0 spiro atoms. The van der Waals surface area contributed by atoms with Crippen LogP contribution >= 0.6 is 11.6 Å². The molecule has 5 heteroatoms. The monoisotopic (exact) mass is 359 g/mol. The molecule has 25 heavy (non-hydrogen) atoms. The van der Waals surface area contributed by atoms with Crippen molar-refractivity contribution in [2.75, 3.05) is 19.8 Å². The Morgan fingerprint density at radius 1 is 1.16 bits per heavy atom. The average Bonchev–Trinajstić information content (AvgIpc) is 2.61. The maximum absolute atomic E-state index is 11.4. The van der Waals surface area contributed by atoms with Crippen LogP contribution in [0.1, 0.15) is 18.1 Å². The summed E-state index contributed by atoms with van der Waals surface area (Å²) in [5.41, 5.74) is 2.35. The van der Waals surface area contributed by atoms with Crippen LogP contribution in [0.4, 0.5) is 4.79 Å². The van der Waals surface area contributed by atoms with E-state index in [1.807, 2.05) is 49.4 Å². The second kappa shape index (κ2) is 10.4. The summed E-state index contributed by atoms with van der Waals surface area (Å²) in [6.07, 6.45) is 3.93. The number of halogens is 1. The van der Waals surface area contributed by atoms with E-state index in [1.165, 1.54) is 5.56 Å². The van der Waals surface area contributed by atoms with Crippen LogP contribution in [0, 0.1) is 0 Å². The number of amides is 1. The third-order valence-electron chi connectivity index (χ3n) is 3.42. The molecule has 0 atom stereocenters. The fourth-order valence-electron chi connectivity index (χ4n) is 2.19. The lowest BCUT2D eigenvalue weighted by molar-refractivity contribution is 0.156. The van der Waals surface area contributed by atoms with Crippen molar-refractivity contribution in [3.05, 3.63) is 76.8 Å². The van der Waals surface area contributed by atoms with E-state index in [4.69, 9.17) is 21.1 Å². The summed E-state index contributed by atoms with van der Waals surface area (Å²) in [6.45, 7) is 2.79. The van der Waals surface area contributed by atoms with Gasteiger partial charge in [-0.2, -0.15) is 0 Å². The van der Waals surface area contributed by atoms with Gasteiger partial charge in [-0.25, -0.2) is 4.79 Å². The van der Waals surface area contributed by atoms with Gasteiger partial charge in [0.05, 0.1) is 11.6 Å². The lowest BCUT2D eigenvalue weighted by Crippen LogP contribution is -2.28. The van der Waals surface area contributed by atoms with Crippen LogP contribution in [0.2, 0.25) is 5.02 Å². The Bertz CT molecular complexity index is 701. The number of ether oxygens (including phenoxy) is 2. The van der Waals surface area contributed by atoms with E-state index in [9.17, 15) is 4.79 Å². The molecule has 0 fully saturated rings. The van der Waals surface area contributed by atoms with Crippen molar-refractivity contribution in [1.29, 1.82) is 0 Å². The molecule has 2 aromatic rings. The van der Waals surface area contributed by atoms with Gasteiger partial charge in [-0.1, -0.05) is 60.2 Å². The topological polar surface area (TPSA) is 47.6 Å². The Morgan fingerprint density at radius 3 is 2.68 bits per heavy atom. The highest BCUT2D eigenvalue weighted by Crippen LogP contribution is 2.26. The molecular formula is C20H22ClNO3. The molecule has 0 unspecified atom stereocenters. The first-order chi connectivity index (χ1) is 12.2. The molecule has 1 amide bonds. The minimum atomic E-state index is -0.467. The number of rotatable bonds is 8. The zero-order valence-corrected chi connectivity index (χ0v) is 15.0. The summed E-state index contributed by atoms with van der Waals surface area (Å²) >= 11 is 6.28. The van der Waals surface area contributed by atoms with Crippen LogP contribution in [0.15, 0.2) is 60.7 Å². The molecule has 0 radical (unpaired) electrons. The Morgan fingerprint density at radius 2 is 1.96 bits per heavy atom. The largest absolute Gasteiger partial charge is 0.490 e. The van der Waals surface area contributed by atoms with Crippen molar-refractivity contribution in [3.8, 4) is 5.75 Å². The van der Waals surface area contributed by atoms with Gasteiger partial charge in [-0.15, -0.1) is 0 Å². The van der Waals surface area contributed by atoms with Gasteiger partial charge in [0.15, 0.2) is 0 Å². The average molecular weight is 360 g/mol. The van der Waals surface area contributed by atoms with E-state index < -0.39 is 6.09 Å². The number of carbonyl (C=O) groups is 1. The molecule has 2 aromatic carbocycles. The zero-order valence-electron chi connectivity index (χ0n) is 14.2. The summed E-state index contributed by atoms with van der Waals surface area (Å²) < 4.78 is 10.5. The van der Waals surface area contributed by atoms with Gasteiger partial charge in [-0.3, -0.25) is 0 Å². The third-order valence-corrected chi connectivity index (χ3v) is 3.72. The quantitative estimate of drug-likeness (QED) is 0.553. The Hall–Kier alpha value is -2.46. The van der Waals surface area contributed by atoms with Crippen LogP contribution in [-0.4, -0.2) is 25.9 Å². The molecule has 0 saturated carbocycles.